The van der Waals surface area contributed by atoms with Crippen molar-refractivity contribution < 1.29 is 9.90 Å². The van der Waals surface area contributed by atoms with Gasteiger partial charge in [-0.05, 0) is 66.8 Å². The number of fused-ring (bicyclic) bond motifs is 2. The predicted octanol–water partition coefficient (Wildman–Crippen LogP) is 6.05. The first kappa shape index (κ1) is 18.0. The van der Waals surface area contributed by atoms with E-state index in [0.717, 1.165) is 37.7 Å². The molecule has 2 aromatic carbocycles. The first-order valence-electron chi connectivity index (χ1n) is 10.2. The van der Waals surface area contributed by atoms with E-state index in [4.69, 9.17) is 0 Å². The number of hydrogen-bond acceptors (Lipinski definition) is 2. The van der Waals surface area contributed by atoms with E-state index < -0.39 is 0 Å². The number of allylic oxidation sites excluding steroid dienone is 2. The van der Waals surface area contributed by atoms with E-state index in [1.165, 1.54) is 27.8 Å². The van der Waals surface area contributed by atoms with Gasteiger partial charge in [0.15, 0.2) is 5.78 Å². The van der Waals surface area contributed by atoms with E-state index in [1.54, 1.807) is 0 Å². The van der Waals surface area contributed by atoms with Gasteiger partial charge in [0.2, 0.25) is 0 Å². The highest BCUT2D eigenvalue weighted by atomic mass is 16.3. The number of Topliss-reactive ketones (excluding diaryl/α,β-unsaturated/α-hetero) is 1. The van der Waals surface area contributed by atoms with Crippen molar-refractivity contribution in [2.75, 3.05) is 0 Å². The molecule has 2 aliphatic rings. The monoisotopic (exact) mass is 360 g/mol. The number of aryl methyl sites for hydroxylation is 3. The molecule has 0 radical (unpaired) electrons. The van der Waals surface area contributed by atoms with E-state index in [9.17, 15) is 9.90 Å². The number of aliphatic hydroxyl groups excluding tert-OH is 1. The predicted molar refractivity (Wildman–Crippen MR) is 111 cm³/mol. The lowest BCUT2D eigenvalue weighted by Gasteiger charge is -2.25. The topological polar surface area (TPSA) is 37.3 Å². The second-order valence-corrected chi connectivity index (χ2v) is 8.07. The molecule has 0 heterocycles. The first-order chi connectivity index (χ1) is 13.0. The molecular formula is C25H28O2. The Hall–Kier alpha value is -2.35. The molecule has 1 fully saturated rings. The Morgan fingerprint density at radius 2 is 1.52 bits per heavy atom. The molecule has 140 valence electrons. The largest absolute Gasteiger partial charge is 0.511 e. The first-order valence-corrected chi connectivity index (χ1v) is 10.2. The maximum Gasteiger partial charge on any atom is 0.169 e. The molecule has 1 saturated carbocycles. The molecule has 0 aromatic heterocycles. The van der Waals surface area contributed by atoms with Crippen molar-refractivity contribution in [3.63, 3.8) is 0 Å². The van der Waals surface area contributed by atoms with E-state index >= 15 is 0 Å². The maximum absolute atomic E-state index is 13.1. The minimum absolute atomic E-state index is 0.104. The number of rotatable bonds is 4. The smallest absolute Gasteiger partial charge is 0.169 e. The molecule has 0 saturated heterocycles. The van der Waals surface area contributed by atoms with Crippen molar-refractivity contribution >= 4 is 11.4 Å². The molecule has 2 aliphatic carbocycles. The minimum atomic E-state index is 0.104. The molecule has 2 aromatic rings. The van der Waals surface area contributed by atoms with Gasteiger partial charge in [-0.15, -0.1) is 0 Å². The zero-order valence-corrected chi connectivity index (χ0v) is 16.5. The van der Waals surface area contributed by atoms with Gasteiger partial charge in [-0.25, -0.2) is 0 Å². The molecule has 27 heavy (non-hydrogen) atoms. The van der Waals surface area contributed by atoms with Gasteiger partial charge in [0.1, 0.15) is 5.76 Å². The molecule has 4 rings (SSSR count). The Bertz CT molecular complexity index is 893. The Balaban J connectivity index is 1.90. The van der Waals surface area contributed by atoms with Gasteiger partial charge in [0, 0.05) is 11.8 Å². The summed E-state index contributed by atoms with van der Waals surface area (Å²) in [7, 11) is 0. The van der Waals surface area contributed by atoms with Gasteiger partial charge < -0.3 is 5.11 Å². The van der Waals surface area contributed by atoms with Crippen LogP contribution >= 0.6 is 0 Å². The molecule has 0 amide bonds. The zero-order chi connectivity index (χ0) is 19.1. The second-order valence-electron chi connectivity index (χ2n) is 8.07. The molecule has 2 unspecified atom stereocenters. The van der Waals surface area contributed by atoms with Crippen LogP contribution in [0.4, 0.5) is 0 Å². The van der Waals surface area contributed by atoms with Crippen molar-refractivity contribution in [3.8, 4) is 11.1 Å². The average molecular weight is 360 g/mol. The van der Waals surface area contributed by atoms with Gasteiger partial charge in [-0.2, -0.15) is 0 Å². The number of carbonyl (C=O) groups is 1. The quantitative estimate of drug-likeness (QED) is 0.720. The van der Waals surface area contributed by atoms with E-state index in [2.05, 4.69) is 57.2 Å². The Morgan fingerprint density at radius 3 is 2.11 bits per heavy atom. The second kappa shape index (κ2) is 6.99. The minimum Gasteiger partial charge on any atom is -0.511 e. The Labute approximate surface area is 161 Å². The van der Waals surface area contributed by atoms with Crippen LogP contribution in [-0.2, 0) is 17.6 Å². The third-order valence-corrected chi connectivity index (χ3v) is 6.39. The molecule has 2 heteroatoms. The fourth-order valence-electron chi connectivity index (χ4n) is 4.81. The summed E-state index contributed by atoms with van der Waals surface area (Å²) in [5, 5.41) is 10.9. The highest BCUT2D eigenvalue weighted by Gasteiger charge is 2.42. The van der Waals surface area contributed by atoms with E-state index in [1.807, 2.05) is 0 Å². The average Bonchev–Trinajstić information content (AvgIpc) is 3.14. The summed E-state index contributed by atoms with van der Waals surface area (Å²) >= 11 is 0. The van der Waals surface area contributed by atoms with Gasteiger partial charge in [-0.3, -0.25) is 4.79 Å². The van der Waals surface area contributed by atoms with Crippen LogP contribution in [0.5, 0.6) is 0 Å². The Morgan fingerprint density at radius 1 is 0.926 bits per heavy atom. The lowest BCUT2D eigenvalue weighted by Crippen LogP contribution is -2.22. The molecule has 1 N–H and O–H groups in total. The van der Waals surface area contributed by atoms with Crippen LogP contribution in [0, 0.1) is 18.8 Å². The summed E-state index contributed by atoms with van der Waals surface area (Å²) in [6.07, 6.45) is 4.39. The molecule has 2 nitrogen and oxygen atoms in total. The SMILES string of the molecule is CCc1cc(-c2ccc(C)cc2)cc(CC)c1C1=C(O)C2CCC(C2)C1=O. The lowest BCUT2D eigenvalue weighted by molar-refractivity contribution is -0.117. The van der Waals surface area contributed by atoms with Crippen LogP contribution in [0.2, 0.25) is 0 Å². The van der Waals surface area contributed by atoms with E-state index in [0.29, 0.717) is 11.3 Å². The number of carbonyl (C=O) groups excluding carboxylic acids is 1. The molecule has 2 bridgehead atoms. The molecular weight excluding hydrogens is 332 g/mol. The number of ketones is 1. The van der Waals surface area contributed by atoms with Crippen molar-refractivity contribution in [1.82, 2.24) is 0 Å². The van der Waals surface area contributed by atoms with Crippen LogP contribution in [-0.4, -0.2) is 10.9 Å². The summed E-state index contributed by atoms with van der Waals surface area (Å²) in [5.41, 5.74) is 7.61. The van der Waals surface area contributed by atoms with Crippen LogP contribution in [0.15, 0.2) is 42.2 Å². The highest BCUT2D eigenvalue weighted by molar-refractivity contribution is 6.24. The Kier molecular flexibility index (Phi) is 4.67. The summed E-state index contributed by atoms with van der Waals surface area (Å²) in [5.74, 6) is 0.788. The van der Waals surface area contributed by atoms with Gasteiger partial charge in [-0.1, -0.05) is 55.8 Å². The maximum atomic E-state index is 13.1. The number of benzene rings is 2. The number of hydrogen-bond donors (Lipinski definition) is 1. The third kappa shape index (κ3) is 3.01. The molecule has 2 atom stereocenters. The highest BCUT2D eigenvalue weighted by Crippen LogP contribution is 2.47. The summed E-state index contributed by atoms with van der Waals surface area (Å²) in [4.78, 5) is 13.1. The zero-order valence-electron chi connectivity index (χ0n) is 16.5. The standard InChI is InChI=1S/C25H28O2/c1-4-16-12-21(18-8-6-15(3)7-9-18)13-17(5-2)22(16)23-24(26)19-10-11-20(14-19)25(23)27/h6-9,12-13,19-20,26H,4-5,10-11,14H2,1-3H3. The number of aliphatic hydroxyl groups is 1. The van der Waals surface area contributed by atoms with Crippen LogP contribution in [0.1, 0.15) is 55.4 Å². The van der Waals surface area contributed by atoms with Crippen molar-refractivity contribution in [3.05, 3.63) is 64.4 Å². The fraction of sp³-hybridized carbons (Fsp3) is 0.400. The van der Waals surface area contributed by atoms with Gasteiger partial charge in [0.25, 0.3) is 0 Å². The van der Waals surface area contributed by atoms with E-state index in [-0.39, 0.29) is 17.6 Å². The van der Waals surface area contributed by atoms with Crippen LogP contribution in [0.3, 0.4) is 0 Å². The van der Waals surface area contributed by atoms with Crippen LogP contribution < -0.4 is 0 Å². The van der Waals surface area contributed by atoms with Gasteiger partial charge >= 0.3 is 0 Å². The lowest BCUT2D eigenvalue weighted by atomic mass is 9.79. The van der Waals surface area contributed by atoms with Crippen molar-refractivity contribution in [2.24, 2.45) is 11.8 Å². The fourth-order valence-corrected chi connectivity index (χ4v) is 4.81. The molecule has 0 spiro atoms. The van der Waals surface area contributed by atoms with Crippen LogP contribution in [0.25, 0.3) is 16.7 Å². The summed E-state index contributed by atoms with van der Waals surface area (Å²) in [6, 6.07) is 13.0. The summed E-state index contributed by atoms with van der Waals surface area (Å²) in [6.45, 7) is 6.37. The molecule has 0 aliphatic heterocycles. The van der Waals surface area contributed by atoms with Crippen molar-refractivity contribution in [2.45, 2.75) is 52.9 Å². The third-order valence-electron chi connectivity index (χ3n) is 6.39. The van der Waals surface area contributed by atoms with Gasteiger partial charge in [0.05, 0.1) is 5.57 Å². The normalized spacial score (nSPS) is 21.8. The summed E-state index contributed by atoms with van der Waals surface area (Å²) < 4.78 is 0. The van der Waals surface area contributed by atoms with Crippen molar-refractivity contribution in [1.29, 1.82) is 0 Å².